The van der Waals surface area contributed by atoms with Crippen molar-refractivity contribution >= 4 is 33.4 Å². The molecular formula is C24H38ClN3O4S. The molecule has 1 atom stereocenters. The molecule has 1 heterocycles. The lowest BCUT2D eigenvalue weighted by atomic mass is 10.0. The summed E-state index contributed by atoms with van der Waals surface area (Å²) < 4.78 is 26.6. The Kier molecular flexibility index (Phi) is 10.2. The Bertz CT molecular complexity index is 895. The van der Waals surface area contributed by atoms with E-state index in [0.717, 1.165) is 11.1 Å². The van der Waals surface area contributed by atoms with Gasteiger partial charge in [0.15, 0.2) is 0 Å². The second-order valence-electron chi connectivity index (χ2n) is 9.27. The van der Waals surface area contributed by atoms with Gasteiger partial charge >= 0.3 is 0 Å². The maximum absolute atomic E-state index is 13.5. The zero-order chi connectivity index (χ0) is 24.8. The lowest BCUT2D eigenvalue weighted by molar-refractivity contribution is -0.137. The fourth-order valence-corrected chi connectivity index (χ4v) is 5.40. The normalized spacial score (nSPS) is 16.3. The van der Waals surface area contributed by atoms with Gasteiger partial charge < -0.3 is 9.80 Å². The molecule has 1 aliphatic rings. The van der Waals surface area contributed by atoms with Crippen LogP contribution in [0.15, 0.2) is 24.3 Å². The van der Waals surface area contributed by atoms with E-state index in [2.05, 4.69) is 0 Å². The van der Waals surface area contributed by atoms with Gasteiger partial charge in [0.1, 0.15) is 5.38 Å². The number of sulfonamides is 1. The largest absolute Gasteiger partial charge is 0.341 e. The van der Waals surface area contributed by atoms with Crippen molar-refractivity contribution in [3.05, 3.63) is 35.4 Å². The lowest BCUT2D eigenvalue weighted by Crippen LogP contribution is -2.52. The third-order valence-electron chi connectivity index (χ3n) is 5.99. The number of carbonyl (C=O) groups is 2. The number of hydrogen-bond donors (Lipinski definition) is 0. The van der Waals surface area contributed by atoms with E-state index >= 15 is 0 Å². The van der Waals surface area contributed by atoms with Gasteiger partial charge in [0.2, 0.25) is 21.8 Å². The summed E-state index contributed by atoms with van der Waals surface area (Å²) in [6.45, 7) is 10.8. The van der Waals surface area contributed by atoms with Crippen molar-refractivity contribution in [1.82, 2.24) is 14.1 Å². The molecule has 1 aliphatic heterocycles. The number of carbonyl (C=O) groups excluding carboxylic acids is 2. The highest BCUT2D eigenvalue weighted by atomic mass is 35.5. The van der Waals surface area contributed by atoms with Gasteiger partial charge in [-0.3, -0.25) is 9.59 Å². The number of aryl methyl sites for hydroxylation is 1. The molecule has 2 rings (SSSR count). The van der Waals surface area contributed by atoms with E-state index in [4.69, 9.17) is 11.6 Å². The fourth-order valence-electron chi connectivity index (χ4n) is 4.07. The molecule has 0 bridgehead atoms. The summed E-state index contributed by atoms with van der Waals surface area (Å²) >= 11 is 5.97. The zero-order valence-electron chi connectivity index (χ0n) is 20.5. The second kappa shape index (κ2) is 12.2. The topological polar surface area (TPSA) is 78.0 Å². The van der Waals surface area contributed by atoms with E-state index in [-0.39, 0.29) is 36.1 Å². The summed E-state index contributed by atoms with van der Waals surface area (Å²) in [5.41, 5.74) is 2.13. The quantitative estimate of drug-likeness (QED) is 0.463. The number of halogens is 1. The van der Waals surface area contributed by atoms with Crippen LogP contribution in [0.3, 0.4) is 0 Å². The first kappa shape index (κ1) is 27.6. The van der Waals surface area contributed by atoms with E-state index in [9.17, 15) is 18.0 Å². The van der Waals surface area contributed by atoms with E-state index < -0.39 is 15.4 Å². The first-order chi connectivity index (χ1) is 15.4. The Hall–Kier alpha value is -1.64. The van der Waals surface area contributed by atoms with Crippen LogP contribution in [0.4, 0.5) is 0 Å². The predicted octanol–water partition coefficient (Wildman–Crippen LogP) is 3.25. The summed E-state index contributed by atoms with van der Waals surface area (Å²) in [5.74, 6) is -0.230. The minimum atomic E-state index is -3.50. The Morgan fingerprint density at radius 1 is 1.12 bits per heavy atom. The van der Waals surface area contributed by atoms with Gasteiger partial charge in [-0.15, -0.1) is 11.6 Å². The molecule has 186 valence electrons. The van der Waals surface area contributed by atoms with Crippen molar-refractivity contribution in [2.75, 3.05) is 31.9 Å². The number of benzene rings is 1. The summed E-state index contributed by atoms with van der Waals surface area (Å²) in [6.07, 6.45) is 1.27. The van der Waals surface area contributed by atoms with Gasteiger partial charge in [0.25, 0.3) is 0 Å². The molecule has 2 amide bonds. The minimum absolute atomic E-state index is 0.0396. The minimum Gasteiger partial charge on any atom is -0.341 e. The standard InChI is InChI=1S/C24H38ClN3O4S/c1-6-33(31,32)27(15-18(2)3)17-23(29)28(16-21-9-7-19(4)8-10-21)22-11-13-26(14-12-22)24(30)20(5)25/h7-10,18,20,22H,6,11-17H2,1-5H3. The van der Waals surface area contributed by atoms with Crippen LogP contribution in [-0.2, 0) is 26.2 Å². The first-order valence-corrected chi connectivity index (χ1v) is 13.7. The Balaban J connectivity index is 2.23. The molecule has 1 aromatic carbocycles. The van der Waals surface area contributed by atoms with Crippen molar-refractivity contribution < 1.29 is 18.0 Å². The van der Waals surface area contributed by atoms with Crippen molar-refractivity contribution in [2.24, 2.45) is 5.92 Å². The first-order valence-electron chi connectivity index (χ1n) is 11.7. The predicted molar refractivity (Wildman–Crippen MR) is 133 cm³/mol. The van der Waals surface area contributed by atoms with Crippen LogP contribution >= 0.6 is 11.6 Å². The van der Waals surface area contributed by atoms with E-state index in [0.29, 0.717) is 39.0 Å². The van der Waals surface area contributed by atoms with Crippen LogP contribution in [0.2, 0.25) is 0 Å². The molecule has 0 aliphatic carbocycles. The molecule has 0 spiro atoms. The number of alkyl halides is 1. The molecule has 1 saturated heterocycles. The van der Waals surface area contributed by atoms with Crippen LogP contribution in [0.1, 0.15) is 51.7 Å². The van der Waals surface area contributed by atoms with Crippen LogP contribution in [0.25, 0.3) is 0 Å². The summed E-state index contributed by atoms with van der Waals surface area (Å²) in [4.78, 5) is 29.3. The third kappa shape index (κ3) is 7.97. The highest BCUT2D eigenvalue weighted by molar-refractivity contribution is 7.89. The highest BCUT2D eigenvalue weighted by Gasteiger charge is 2.33. The van der Waals surface area contributed by atoms with Crippen LogP contribution in [0, 0.1) is 12.8 Å². The smallest absolute Gasteiger partial charge is 0.240 e. The van der Waals surface area contributed by atoms with Gasteiger partial charge in [0, 0.05) is 32.2 Å². The number of amides is 2. The monoisotopic (exact) mass is 499 g/mol. The molecule has 1 unspecified atom stereocenters. The molecule has 1 aromatic rings. The average molecular weight is 500 g/mol. The summed E-state index contributed by atoms with van der Waals surface area (Å²) in [6, 6.07) is 7.94. The number of rotatable bonds is 10. The molecule has 33 heavy (non-hydrogen) atoms. The maximum Gasteiger partial charge on any atom is 0.240 e. The van der Waals surface area contributed by atoms with Crippen molar-refractivity contribution in [3.8, 4) is 0 Å². The molecule has 0 aromatic heterocycles. The van der Waals surface area contributed by atoms with Crippen LogP contribution < -0.4 is 0 Å². The van der Waals surface area contributed by atoms with E-state index in [1.165, 1.54) is 4.31 Å². The Labute approximate surface area is 204 Å². The van der Waals surface area contributed by atoms with Gasteiger partial charge in [0.05, 0.1) is 12.3 Å². The second-order valence-corrected chi connectivity index (χ2v) is 12.2. The summed E-state index contributed by atoms with van der Waals surface area (Å²) in [7, 11) is -3.50. The molecular weight excluding hydrogens is 462 g/mol. The third-order valence-corrected chi connectivity index (χ3v) is 7.97. The van der Waals surface area contributed by atoms with E-state index in [1.54, 1.807) is 23.6 Å². The van der Waals surface area contributed by atoms with Gasteiger partial charge in [-0.05, 0) is 45.1 Å². The fraction of sp³-hybridized carbons (Fsp3) is 0.667. The van der Waals surface area contributed by atoms with Crippen LogP contribution in [0.5, 0.6) is 0 Å². The molecule has 7 nitrogen and oxygen atoms in total. The zero-order valence-corrected chi connectivity index (χ0v) is 22.0. The number of piperidine rings is 1. The molecule has 9 heteroatoms. The van der Waals surface area contributed by atoms with Crippen molar-refractivity contribution in [3.63, 3.8) is 0 Å². The molecule has 0 radical (unpaired) electrons. The SMILES string of the molecule is CCS(=O)(=O)N(CC(=O)N(Cc1ccc(C)cc1)C1CCN(C(=O)C(C)Cl)CC1)CC(C)C. The van der Waals surface area contributed by atoms with Gasteiger partial charge in [-0.2, -0.15) is 4.31 Å². The van der Waals surface area contributed by atoms with Gasteiger partial charge in [-0.25, -0.2) is 8.42 Å². The van der Waals surface area contributed by atoms with Crippen molar-refractivity contribution in [2.45, 2.75) is 65.4 Å². The lowest BCUT2D eigenvalue weighted by Gasteiger charge is -2.39. The number of nitrogens with zero attached hydrogens (tertiary/aromatic N) is 3. The number of hydrogen-bond acceptors (Lipinski definition) is 4. The van der Waals surface area contributed by atoms with Crippen LogP contribution in [-0.4, -0.2) is 77.7 Å². The van der Waals surface area contributed by atoms with Gasteiger partial charge in [-0.1, -0.05) is 43.7 Å². The Morgan fingerprint density at radius 3 is 2.18 bits per heavy atom. The molecule has 1 fully saturated rings. The van der Waals surface area contributed by atoms with Crippen molar-refractivity contribution in [1.29, 1.82) is 0 Å². The maximum atomic E-state index is 13.5. The average Bonchev–Trinajstić information content (AvgIpc) is 2.77. The Morgan fingerprint density at radius 2 is 1.70 bits per heavy atom. The number of likely N-dealkylation sites (tertiary alicyclic amines) is 1. The van der Waals surface area contributed by atoms with E-state index in [1.807, 2.05) is 45.0 Å². The summed E-state index contributed by atoms with van der Waals surface area (Å²) in [5, 5.41) is -0.573. The molecule has 0 saturated carbocycles. The molecule has 0 N–H and O–H groups in total. The highest BCUT2D eigenvalue weighted by Crippen LogP contribution is 2.22.